The third kappa shape index (κ3) is 3.97. The highest BCUT2D eigenvalue weighted by Crippen LogP contribution is 2.31. The summed E-state index contributed by atoms with van der Waals surface area (Å²) in [6.45, 7) is 1.38. The van der Waals surface area contributed by atoms with E-state index in [9.17, 15) is 4.79 Å². The smallest absolute Gasteiger partial charge is 0.248 e. The largest absolute Gasteiger partial charge is 0.497 e. The van der Waals surface area contributed by atoms with Gasteiger partial charge in [0.2, 0.25) is 5.91 Å². The Kier molecular flexibility index (Phi) is 5.27. The van der Waals surface area contributed by atoms with E-state index in [1.165, 1.54) is 5.56 Å². The van der Waals surface area contributed by atoms with Crippen LogP contribution in [0.3, 0.4) is 0 Å². The van der Waals surface area contributed by atoms with E-state index in [2.05, 4.69) is 15.3 Å². The molecule has 0 unspecified atom stereocenters. The van der Waals surface area contributed by atoms with Crippen LogP contribution < -0.4 is 15.8 Å². The molecule has 6 heteroatoms. The van der Waals surface area contributed by atoms with Crippen molar-refractivity contribution in [3.05, 3.63) is 83.7 Å². The number of nitrogens with two attached hydrogens (primary N) is 1. The third-order valence-corrected chi connectivity index (χ3v) is 4.90. The summed E-state index contributed by atoms with van der Waals surface area (Å²) < 4.78 is 5.20. The van der Waals surface area contributed by atoms with Gasteiger partial charge in [0, 0.05) is 41.5 Å². The minimum atomic E-state index is -0.432. The SMILES string of the molecule is COc1ccc(CNCc2[nH]c3ncccc3c2-c2ccc(C(N)=O)cc2)cc1. The zero-order chi connectivity index (χ0) is 20.2. The van der Waals surface area contributed by atoms with Crippen molar-refractivity contribution in [1.82, 2.24) is 15.3 Å². The molecule has 2 heterocycles. The molecule has 29 heavy (non-hydrogen) atoms. The molecule has 1 amide bonds. The summed E-state index contributed by atoms with van der Waals surface area (Å²) in [6, 6.07) is 19.3. The Morgan fingerprint density at radius 2 is 1.83 bits per heavy atom. The van der Waals surface area contributed by atoms with Crippen molar-refractivity contribution in [1.29, 1.82) is 0 Å². The molecule has 0 aliphatic heterocycles. The molecule has 4 aromatic rings. The van der Waals surface area contributed by atoms with Crippen LogP contribution in [0.5, 0.6) is 5.75 Å². The number of pyridine rings is 1. The zero-order valence-electron chi connectivity index (χ0n) is 16.1. The zero-order valence-corrected chi connectivity index (χ0v) is 16.1. The topological polar surface area (TPSA) is 93.0 Å². The maximum Gasteiger partial charge on any atom is 0.248 e. The second-order valence-corrected chi connectivity index (χ2v) is 6.77. The number of nitrogens with zero attached hydrogens (tertiary/aromatic N) is 1. The number of hydrogen-bond donors (Lipinski definition) is 3. The first-order valence-corrected chi connectivity index (χ1v) is 9.35. The lowest BCUT2D eigenvalue weighted by molar-refractivity contribution is 0.100. The van der Waals surface area contributed by atoms with Crippen molar-refractivity contribution in [2.75, 3.05) is 7.11 Å². The van der Waals surface area contributed by atoms with E-state index < -0.39 is 5.91 Å². The molecule has 4 N–H and O–H groups in total. The molecule has 2 aromatic heterocycles. The number of carbonyl (C=O) groups is 1. The minimum absolute atomic E-state index is 0.432. The van der Waals surface area contributed by atoms with Gasteiger partial charge in [0.1, 0.15) is 11.4 Å². The van der Waals surface area contributed by atoms with Gasteiger partial charge in [-0.1, -0.05) is 24.3 Å². The van der Waals surface area contributed by atoms with Gasteiger partial charge < -0.3 is 20.8 Å². The van der Waals surface area contributed by atoms with Crippen LogP contribution >= 0.6 is 0 Å². The van der Waals surface area contributed by atoms with Gasteiger partial charge in [-0.15, -0.1) is 0 Å². The molecule has 4 rings (SSSR count). The number of primary amides is 1. The fourth-order valence-electron chi connectivity index (χ4n) is 3.41. The van der Waals surface area contributed by atoms with Crippen molar-refractivity contribution in [2.45, 2.75) is 13.1 Å². The number of aromatic amines is 1. The minimum Gasteiger partial charge on any atom is -0.497 e. The van der Waals surface area contributed by atoms with E-state index in [1.807, 2.05) is 48.5 Å². The number of nitrogens with one attached hydrogen (secondary N) is 2. The van der Waals surface area contributed by atoms with Gasteiger partial charge in [-0.2, -0.15) is 0 Å². The molecule has 0 radical (unpaired) electrons. The second kappa shape index (κ2) is 8.16. The number of ether oxygens (including phenoxy) is 1. The standard InChI is InChI=1S/C23H22N4O2/c1-29-18-10-4-15(5-11-18)13-25-14-20-21(19-3-2-12-26-23(19)27-20)16-6-8-17(9-7-16)22(24)28/h2-12,25H,13-14H2,1H3,(H2,24,28)(H,26,27). The van der Waals surface area contributed by atoms with Gasteiger partial charge >= 0.3 is 0 Å². The molecular weight excluding hydrogens is 364 g/mol. The first kappa shape index (κ1) is 18.7. The Morgan fingerprint density at radius 1 is 1.07 bits per heavy atom. The normalized spacial score (nSPS) is 10.9. The number of H-pyrrole nitrogens is 1. The lowest BCUT2D eigenvalue weighted by Crippen LogP contribution is -2.13. The predicted octanol–water partition coefficient (Wildman–Crippen LogP) is 3.63. The van der Waals surface area contributed by atoms with Crippen LogP contribution in [0.1, 0.15) is 21.6 Å². The van der Waals surface area contributed by atoms with E-state index in [1.54, 1.807) is 25.4 Å². The monoisotopic (exact) mass is 386 g/mol. The van der Waals surface area contributed by atoms with Crippen molar-refractivity contribution < 1.29 is 9.53 Å². The number of aromatic nitrogens is 2. The number of benzene rings is 2. The van der Waals surface area contributed by atoms with Crippen LogP contribution in [0.4, 0.5) is 0 Å². The molecule has 0 saturated heterocycles. The van der Waals surface area contributed by atoms with Crippen molar-refractivity contribution in [3.8, 4) is 16.9 Å². The number of carbonyl (C=O) groups excluding carboxylic acids is 1. The highest BCUT2D eigenvalue weighted by molar-refractivity contribution is 5.97. The molecule has 0 bridgehead atoms. The number of fused-ring (bicyclic) bond motifs is 1. The van der Waals surface area contributed by atoms with Gasteiger partial charge in [0.25, 0.3) is 0 Å². The van der Waals surface area contributed by atoms with Crippen LogP contribution in [-0.4, -0.2) is 23.0 Å². The highest BCUT2D eigenvalue weighted by atomic mass is 16.5. The Morgan fingerprint density at radius 3 is 2.52 bits per heavy atom. The van der Waals surface area contributed by atoms with Crippen LogP contribution in [0, 0.1) is 0 Å². The third-order valence-electron chi connectivity index (χ3n) is 4.90. The molecule has 0 fully saturated rings. The van der Waals surface area contributed by atoms with Gasteiger partial charge in [-0.05, 0) is 47.5 Å². The lowest BCUT2D eigenvalue weighted by atomic mass is 10.0. The first-order valence-electron chi connectivity index (χ1n) is 9.35. The molecule has 0 spiro atoms. The number of hydrogen-bond acceptors (Lipinski definition) is 4. The van der Waals surface area contributed by atoms with Crippen molar-refractivity contribution in [3.63, 3.8) is 0 Å². The van der Waals surface area contributed by atoms with Crippen molar-refractivity contribution in [2.24, 2.45) is 5.73 Å². The number of rotatable bonds is 7. The van der Waals surface area contributed by atoms with E-state index in [0.29, 0.717) is 12.1 Å². The highest BCUT2D eigenvalue weighted by Gasteiger charge is 2.14. The van der Waals surface area contributed by atoms with Gasteiger partial charge in [0.15, 0.2) is 0 Å². The van der Waals surface area contributed by atoms with Crippen LogP contribution in [0.15, 0.2) is 66.9 Å². The Labute approximate surface area is 168 Å². The summed E-state index contributed by atoms with van der Waals surface area (Å²) in [6.07, 6.45) is 1.77. The summed E-state index contributed by atoms with van der Waals surface area (Å²) >= 11 is 0. The average Bonchev–Trinajstić information content (AvgIpc) is 3.12. The fraction of sp³-hybridized carbons (Fsp3) is 0.130. The van der Waals surface area contributed by atoms with E-state index in [4.69, 9.17) is 10.5 Å². The number of methoxy groups -OCH3 is 1. The summed E-state index contributed by atoms with van der Waals surface area (Å²) in [5.41, 5.74) is 11.0. The Bertz CT molecular complexity index is 1130. The van der Waals surface area contributed by atoms with Crippen LogP contribution in [0.25, 0.3) is 22.2 Å². The molecule has 146 valence electrons. The maximum atomic E-state index is 11.4. The predicted molar refractivity (Wildman–Crippen MR) is 114 cm³/mol. The molecule has 0 saturated carbocycles. The average molecular weight is 386 g/mol. The molecule has 0 aliphatic rings. The van der Waals surface area contributed by atoms with Crippen LogP contribution in [-0.2, 0) is 13.1 Å². The molecular formula is C23H22N4O2. The van der Waals surface area contributed by atoms with E-state index in [0.717, 1.165) is 40.1 Å². The maximum absolute atomic E-state index is 11.4. The van der Waals surface area contributed by atoms with Crippen molar-refractivity contribution >= 4 is 16.9 Å². The molecule has 2 aromatic carbocycles. The second-order valence-electron chi connectivity index (χ2n) is 6.77. The molecule has 6 nitrogen and oxygen atoms in total. The Hall–Kier alpha value is -3.64. The van der Waals surface area contributed by atoms with Gasteiger partial charge in [-0.3, -0.25) is 4.79 Å². The Balaban J connectivity index is 1.60. The summed E-state index contributed by atoms with van der Waals surface area (Å²) in [7, 11) is 1.66. The molecule has 0 aliphatic carbocycles. The first-order chi connectivity index (χ1) is 14.2. The lowest BCUT2D eigenvalue weighted by Gasteiger charge is -2.08. The number of amides is 1. The summed E-state index contributed by atoms with van der Waals surface area (Å²) in [4.78, 5) is 19.2. The van der Waals surface area contributed by atoms with Crippen LogP contribution in [0.2, 0.25) is 0 Å². The summed E-state index contributed by atoms with van der Waals surface area (Å²) in [5.74, 6) is 0.413. The summed E-state index contributed by atoms with van der Waals surface area (Å²) in [5, 5.41) is 4.52. The fourth-order valence-corrected chi connectivity index (χ4v) is 3.41. The van der Waals surface area contributed by atoms with E-state index in [-0.39, 0.29) is 0 Å². The molecule has 0 atom stereocenters. The van der Waals surface area contributed by atoms with Gasteiger partial charge in [-0.25, -0.2) is 4.98 Å². The quantitative estimate of drug-likeness (QED) is 0.452. The van der Waals surface area contributed by atoms with E-state index >= 15 is 0 Å². The van der Waals surface area contributed by atoms with Gasteiger partial charge in [0.05, 0.1) is 7.11 Å².